The molecule has 3 heteroatoms. The van der Waals surface area contributed by atoms with Gasteiger partial charge in [-0.1, -0.05) is 12.1 Å². The molecule has 0 heterocycles. The second kappa shape index (κ2) is 4.03. The van der Waals surface area contributed by atoms with E-state index in [1.807, 2.05) is 0 Å². The van der Waals surface area contributed by atoms with Gasteiger partial charge in [-0.15, -0.1) is 0 Å². The SMILES string of the molecule is C[C](C)C(=O)Nc1ccccc1F. The minimum atomic E-state index is -0.419. The molecule has 69 valence electrons. The van der Waals surface area contributed by atoms with Gasteiger partial charge in [-0.3, -0.25) is 4.79 Å². The van der Waals surface area contributed by atoms with Crippen LogP contribution >= 0.6 is 0 Å². The summed E-state index contributed by atoms with van der Waals surface area (Å²) >= 11 is 0. The van der Waals surface area contributed by atoms with Crippen LogP contribution in [0.4, 0.5) is 10.1 Å². The summed E-state index contributed by atoms with van der Waals surface area (Å²) in [5.41, 5.74) is 0.216. The number of carbonyl (C=O) groups is 1. The molecule has 1 radical (unpaired) electrons. The first-order valence-electron chi connectivity index (χ1n) is 3.97. The number of benzene rings is 1. The molecule has 0 saturated heterocycles. The zero-order chi connectivity index (χ0) is 9.84. The van der Waals surface area contributed by atoms with Crippen molar-refractivity contribution in [2.75, 3.05) is 5.32 Å². The van der Waals surface area contributed by atoms with Crippen LogP contribution in [0.25, 0.3) is 0 Å². The normalized spacial score (nSPS) is 10.2. The van der Waals surface area contributed by atoms with Crippen LogP contribution in [0, 0.1) is 11.7 Å². The van der Waals surface area contributed by atoms with E-state index in [9.17, 15) is 9.18 Å². The number of halogens is 1. The lowest BCUT2D eigenvalue weighted by Gasteiger charge is -2.07. The van der Waals surface area contributed by atoms with Crippen molar-refractivity contribution in [1.29, 1.82) is 0 Å². The number of nitrogens with one attached hydrogen (secondary N) is 1. The van der Waals surface area contributed by atoms with Crippen molar-refractivity contribution in [3.8, 4) is 0 Å². The van der Waals surface area contributed by atoms with Crippen molar-refractivity contribution in [2.24, 2.45) is 0 Å². The Morgan fingerprint density at radius 2 is 1.92 bits per heavy atom. The Morgan fingerprint density at radius 3 is 2.46 bits per heavy atom. The molecule has 0 unspecified atom stereocenters. The van der Waals surface area contributed by atoms with Gasteiger partial charge in [0.2, 0.25) is 5.91 Å². The van der Waals surface area contributed by atoms with Crippen molar-refractivity contribution in [3.05, 3.63) is 36.0 Å². The average molecular weight is 180 g/mol. The topological polar surface area (TPSA) is 29.1 Å². The number of anilines is 1. The third-order valence-corrected chi connectivity index (χ3v) is 1.58. The maximum Gasteiger partial charge on any atom is 0.231 e. The van der Waals surface area contributed by atoms with Crippen LogP contribution in [0.2, 0.25) is 0 Å². The summed E-state index contributed by atoms with van der Waals surface area (Å²) < 4.78 is 13.0. The Kier molecular flexibility index (Phi) is 3.01. The van der Waals surface area contributed by atoms with Crippen LogP contribution in [0.3, 0.4) is 0 Å². The maximum absolute atomic E-state index is 13.0. The molecule has 0 spiro atoms. The molecule has 13 heavy (non-hydrogen) atoms. The molecule has 0 aliphatic carbocycles. The Labute approximate surface area is 76.8 Å². The second-order valence-electron chi connectivity index (χ2n) is 2.93. The zero-order valence-corrected chi connectivity index (χ0v) is 7.60. The molecule has 1 amide bonds. The maximum atomic E-state index is 13.0. The largest absolute Gasteiger partial charge is 0.323 e. The summed E-state index contributed by atoms with van der Waals surface area (Å²) in [5, 5.41) is 2.46. The lowest BCUT2D eigenvalue weighted by atomic mass is 10.2. The molecule has 1 aromatic carbocycles. The molecule has 0 fully saturated rings. The summed E-state index contributed by atoms with van der Waals surface area (Å²) in [5.74, 6) is -0.0783. The molecule has 1 N–H and O–H groups in total. The molecular weight excluding hydrogens is 169 g/mol. The van der Waals surface area contributed by atoms with Gasteiger partial charge in [0.05, 0.1) is 11.6 Å². The molecule has 2 nitrogen and oxygen atoms in total. The van der Waals surface area contributed by atoms with E-state index < -0.39 is 5.82 Å². The highest BCUT2D eigenvalue weighted by molar-refractivity contribution is 6.00. The summed E-state index contributed by atoms with van der Waals surface area (Å²) in [6.45, 7) is 3.35. The van der Waals surface area contributed by atoms with Crippen molar-refractivity contribution in [2.45, 2.75) is 13.8 Å². The Hall–Kier alpha value is -1.38. The van der Waals surface area contributed by atoms with Crippen LogP contribution in [-0.2, 0) is 4.79 Å². The van der Waals surface area contributed by atoms with Crippen LogP contribution in [0.5, 0.6) is 0 Å². The number of hydrogen-bond acceptors (Lipinski definition) is 1. The lowest BCUT2D eigenvalue weighted by molar-refractivity contribution is -0.114. The monoisotopic (exact) mass is 180 g/mol. The lowest BCUT2D eigenvalue weighted by Crippen LogP contribution is -2.16. The minimum Gasteiger partial charge on any atom is -0.323 e. The number of rotatable bonds is 2. The first kappa shape index (κ1) is 9.71. The highest BCUT2D eigenvalue weighted by atomic mass is 19.1. The van der Waals surface area contributed by atoms with Crippen LogP contribution in [-0.4, -0.2) is 5.91 Å². The molecule has 0 aliphatic heterocycles. The highest BCUT2D eigenvalue weighted by Crippen LogP contribution is 2.13. The van der Waals surface area contributed by atoms with Crippen molar-refractivity contribution >= 4 is 11.6 Å². The van der Waals surface area contributed by atoms with Gasteiger partial charge >= 0.3 is 0 Å². The highest BCUT2D eigenvalue weighted by Gasteiger charge is 2.09. The molecule has 1 rings (SSSR count). The summed E-state index contributed by atoms with van der Waals surface area (Å²) in [4.78, 5) is 11.1. The van der Waals surface area contributed by atoms with Crippen molar-refractivity contribution in [1.82, 2.24) is 0 Å². The smallest absolute Gasteiger partial charge is 0.231 e. The zero-order valence-electron chi connectivity index (χ0n) is 7.60. The van der Waals surface area contributed by atoms with Gasteiger partial charge in [-0.25, -0.2) is 4.39 Å². The predicted molar refractivity (Wildman–Crippen MR) is 49.6 cm³/mol. The Morgan fingerprint density at radius 1 is 1.31 bits per heavy atom. The molecule has 0 aromatic heterocycles. The van der Waals surface area contributed by atoms with Crippen LogP contribution in [0.1, 0.15) is 13.8 Å². The minimum absolute atomic E-state index is 0.216. The first-order valence-corrected chi connectivity index (χ1v) is 3.97. The van der Waals surface area contributed by atoms with Gasteiger partial charge in [0, 0.05) is 0 Å². The summed E-state index contributed by atoms with van der Waals surface area (Å²) in [6, 6.07) is 6.08. The Bertz CT molecular complexity index is 310. The van der Waals surface area contributed by atoms with Gasteiger partial charge < -0.3 is 5.32 Å². The standard InChI is InChI=1S/C10H11FNO/c1-7(2)10(13)12-9-6-4-3-5-8(9)11/h3-6H,1-2H3,(H,12,13). The fraction of sp³-hybridized carbons (Fsp3) is 0.200. The molecule has 1 aromatic rings. The van der Waals surface area contributed by atoms with E-state index in [4.69, 9.17) is 0 Å². The van der Waals surface area contributed by atoms with E-state index in [0.717, 1.165) is 0 Å². The number of amides is 1. The Balaban J connectivity index is 2.75. The molecule has 0 atom stereocenters. The third-order valence-electron chi connectivity index (χ3n) is 1.58. The number of carbonyl (C=O) groups excluding carboxylic acids is 1. The molecule has 0 saturated carbocycles. The predicted octanol–water partition coefficient (Wildman–Crippen LogP) is 2.38. The van der Waals surface area contributed by atoms with E-state index in [-0.39, 0.29) is 11.6 Å². The summed E-state index contributed by atoms with van der Waals surface area (Å²) in [6.07, 6.45) is 0. The van der Waals surface area contributed by atoms with Gasteiger partial charge in [0.15, 0.2) is 0 Å². The van der Waals surface area contributed by atoms with Gasteiger partial charge in [-0.05, 0) is 26.0 Å². The van der Waals surface area contributed by atoms with Crippen molar-refractivity contribution < 1.29 is 9.18 Å². The molecule has 0 bridgehead atoms. The molecule has 0 aliphatic rings. The fourth-order valence-corrected chi connectivity index (χ4v) is 0.810. The van der Waals surface area contributed by atoms with E-state index >= 15 is 0 Å². The summed E-state index contributed by atoms with van der Waals surface area (Å²) in [7, 11) is 0. The quantitative estimate of drug-likeness (QED) is 0.743. The van der Waals surface area contributed by atoms with Gasteiger partial charge in [0.25, 0.3) is 0 Å². The first-order chi connectivity index (χ1) is 6.11. The number of para-hydroxylation sites is 1. The second-order valence-corrected chi connectivity index (χ2v) is 2.93. The van der Waals surface area contributed by atoms with Crippen LogP contribution in [0.15, 0.2) is 24.3 Å². The third kappa shape index (κ3) is 2.54. The van der Waals surface area contributed by atoms with E-state index in [0.29, 0.717) is 5.92 Å². The van der Waals surface area contributed by atoms with Crippen LogP contribution < -0.4 is 5.32 Å². The fourth-order valence-electron chi connectivity index (χ4n) is 0.810. The van der Waals surface area contributed by atoms with Gasteiger partial charge in [0.1, 0.15) is 5.82 Å². The van der Waals surface area contributed by atoms with E-state index in [1.54, 1.807) is 26.0 Å². The van der Waals surface area contributed by atoms with E-state index in [2.05, 4.69) is 5.32 Å². The molecular formula is C10H11FNO. The van der Waals surface area contributed by atoms with Crippen molar-refractivity contribution in [3.63, 3.8) is 0 Å². The average Bonchev–Trinajstić information content (AvgIpc) is 2.08. The van der Waals surface area contributed by atoms with E-state index in [1.165, 1.54) is 12.1 Å². The number of hydrogen-bond donors (Lipinski definition) is 1. The van der Waals surface area contributed by atoms with Gasteiger partial charge in [-0.2, -0.15) is 0 Å².